The van der Waals surface area contributed by atoms with Crippen LogP contribution in [0.3, 0.4) is 0 Å². The second-order valence-corrected chi connectivity index (χ2v) is 8.87. The lowest BCUT2D eigenvalue weighted by molar-refractivity contribution is 0.437. The van der Waals surface area contributed by atoms with E-state index in [1.165, 1.54) is 6.26 Å². The van der Waals surface area contributed by atoms with Crippen LogP contribution >= 0.6 is 0 Å². The highest BCUT2D eigenvalue weighted by Gasteiger charge is 2.22. The van der Waals surface area contributed by atoms with Crippen LogP contribution in [-0.4, -0.2) is 59.7 Å². The summed E-state index contributed by atoms with van der Waals surface area (Å²) >= 11 is 0. The lowest BCUT2D eigenvalue weighted by Crippen LogP contribution is -2.34. The molecule has 1 aliphatic rings. The summed E-state index contributed by atoms with van der Waals surface area (Å²) in [5.74, 6) is 1.75. The summed E-state index contributed by atoms with van der Waals surface area (Å²) in [6, 6.07) is 12.1. The molecule has 0 amide bonds. The summed E-state index contributed by atoms with van der Waals surface area (Å²) in [5.41, 5.74) is 3.05. The van der Waals surface area contributed by atoms with Crippen molar-refractivity contribution in [2.45, 2.75) is 6.42 Å². The van der Waals surface area contributed by atoms with Gasteiger partial charge in [0.05, 0.1) is 17.3 Å². The van der Waals surface area contributed by atoms with Crippen molar-refractivity contribution in [2.24, 2.45) is 7.05 Å². The van der Waals surface area contributed by atoms with Crippen molar-refractivity contribution in [1.29, 1.82) is 0 Å². The molecule has 0 aliphatic carbocycles. The van der Waals surface area contributed by atoms with E-state index in [1.807, 2.05) is 37.4 Å². The topological polar surface area (TPSA) is 71.3 Å². The fourth-order valence-electron chi connectivity index (χ4n) is 3.59. The zero-order valence-electron chi connectivity index (χ0n) is 15.5. The zero-order chi connectivity index (χ0) is 19.0. The van der Waals surface area contributed by atoms with Gasteiger partial charge in [0.1, 0.15) is 11.6 Å². The van der Waals surface area contributed by atoms with Crippen LogP contribution in [0.2, 0.25) is 0 Å². The van der Waals surface area contributed by atoms with Crippen molar-refractivity contribution in [1.82, 2.24) is 18.8 Å². The predicted molar refractivity (Wildman–Crippen MR) is 107 cm³/mol. The minimum absolute atomic E-state index is 0.483. The Hall–Kier alpha value is -2.45. The van der Waals surface area contributed by atoms with Crippen molar-refractivity contribution >= 4 is 26.9 Å². The molecule has 0 N–H and O–H groups in total. The number of rotatable bonds is 3. The molecule has 0 atom stereocenters. The van der Waals surface area contributed by atoms with Gasteiger partial charge >= 0.3 is 0 Å². The summed E-state index contributed by atoms with van der Waals surface area (Å²) < 4.78 is 27.3. The Balaban J connectivity index is 1.63. The molecular weight excluding hydrogens is 362 g/mol. The van der Waals surface area contributed by atoms with Gasteiger partial charge in [-0.1, -0.05) is 12.1 Å². The van der Waals surface area contributed by atoms with E-state index in [2.05, 4.69) is 20.5 Å². The van der Waals surface area contributed by atoms with E-state index in [0.29, 0.717) is 19.6 Å². The summed E-state index contributed by atoms with van der Waals surface area (Å²) in [5, 5.41) is 0. The lowest BCUT2D eigenvalue weighted by Gasteiger charge is -2.22. The van der Waals surface area contributed by atoms with E-state index in [0.717, 1.165) is 41.2 Å². The SMILES string of the molecule is Cn1c(-c2ccnc(N3CCCN(S(C)(=O)=O)CC3)c2)nc2ccccc21. The largest absolute Gasteiger partial charge is 0.355 e. The van der Waals surface area contributed by atoms with E-state index in [-0.39, 0.29) is 0 Å². The van der Waals surface area contributed by atoms with Crippen molar-refractivity contribution in [3.05, 3.63) is 42.6 Å². The van der Waals surface area contributed by atoms with Gasteiger partial charge in [-0.25, -0.2) is 22.7 Å². The molecular formula is C19H23N5O2S. The second-order valence-electron chi connectivity index (χ2n) is 6.89. The van der Waals surface area contributed by atoms with Crippen LogP contribution in [0.1, 0.15) is 6.42 Å². The number of hydrogen-bond acceptors (Lipinski definition) is 5. The Kier molecular flexibility index (Phi) is 4.61. The van der Waals surface area contributed by atoms with Crippen LogP contribution in [0.25, 0.3) is 22.4 Å². The molecule has 0 bridgehead atoms. The summed E-state index contributed by atoms with van der Waals surface area (Å²) in [7, 11) is -1.14. The van der Waals surface area contributed by atoms with E-state index in [1.54, 1.807) is 10.5 Å². The number of pyridine rings is 1. The minimum Gasteiger partial charge on any atom is -0.355 e. The van der Waals surface area contributed by atoms with Crippen LogP contribution in [0.4, 0.5) is 5.82 Å². The Bertz CT molecular complexity index is 1080. The maximum absolute atomic E-state index is 11.8. The maximum Gasteiger partial charge on any atom is 0.211 e. The van der Waals surface area contributed by atoms with Crippen molar-refractivity contribution in [2.75, 3.05) is 37.3 Å². The van der Waals surface area contributed by atoms with Crippen molar-refractivity contribution in [3.8, 4) is 11.4 Å². The molecule has 3 heterocycles. The van der Waals surface area contributed by atoms with Gasteiger partial charge in [-0.05, 0) is 30.7 Å². The molecule has 1 saturated heterocycles. The van der Waals surface area contributed by atoms with E-state index >= 15 is 0 Å². The van der Waals surface area contributed by atoms with Crippen LogP contribution in [0.15, 0.2) is 42.6 Å². The molecule has 4 rings (SSSR count). The minimum atomic E-state index is -3.15. The molecule has 0 spiro atoms. The normalized spacial score (nSPS) is 16.6. The third-order valence-electron chi connectivity index (χ3n) is 5.04. The number of aryl methyl sites for hydroxylation is 1. The molecule has 27 heavy (non-hydrogen) atoms. The number of anilines is 1. The van der Waals surface area contributed by atoms with Crippen LogP contribution < -0.4 is 4.90 Å². The van der Waals surface area contributed by atoms with E-state index in [4.69, 9.17) is 4.98 Å². The average molecular weight is 385 g/mol. The summed E-state index contributed by atoms with van der Waals surface area (Å²) in [6.07, 6.45) is 3.85. The standard InChI is InChI=1S/C19H23N5O2S/c1-22-17-7-4-3-6-16(17)21-19(22)15-8-9-20-18(14-15)23-10-5-11-24(13-12-23)27(2,25)26/h3-4,6-9,14H,5,10-13H2,1-2H3. The number of sulfonamides is 1. The quantitative estimate of drug-likeness (QED) is 0.691. The summed E-state index contributed by atoms with van der Waals surface area (Å²) in [4.78, 5) is 11.4. The molecule has 142 valence electrons. The Labute approximate surface area is 159 Å². The van der Waals surface area contributed by atoms with Gasteiger partial charge in [0.2, 0.25) is 10.0 Å². The Morgan fingerprint density at radius 3 is 2.63 bits per heavy atom. The van der Waals surface area contributed by atoms with Gasteiger partial charge in [0, 0.05) is 45.0 Å². The predicted octanol–water partition coefficient (Wildman–Crippen LogP) is 2.11. The molecule has 0 unspecified atom stereocenters. The number of aromatic nitrogens is 3. The highest BCUT2D eigenvalue weighted by Crippen LogP contribution is 2.26. The third-order valence-corrected chi connectivity index (χ3v) is 6.34. The first-order valence-corrected chi connectivity index (χ1v) is 10.9. The van der Waals surface area contributed by atoms with Gasteiger partial charge in [0.15, 0.2) is 0 Å². The number of benzene rings is 1. The lowest BCUT2D eigenvalue weighted by atomic mass is 10.2. The fourth-order valence-corrected chi connectivity index (χ4v) is 4.46. The number of nitrogens with zero attached hydrogens (tertiary/aromatic N) is 5. The van der Waals surface area contributed by atoms with Gasteiger partial charge in [0.25, 0.3) is 0 Å². The number of imidazole rings is 1. The molecule has 1 aromatic carbocycles. The summed E-state index contributed by atoms with van der Waals surface area (Å²) in [6.45, 7) is 2.45. The smallest absolute Gasteiger partial charge is 0.211 e. The third kappa shape index (κ3) is 3.54. The molecule has 1 aliphatic heterocycles. The van der Waals surface area contributed by atoms with Crippen LogP contribution in [0.5, 0.6) is 0 Å². The molecule has 3 aromatic rings. The molecule has 0 radical (unpaired) electrons. The first-order valence-electron chi connectivity index (χ1n) is 9.01. The van der Waals surface area contributed by atoms with E-state index < -0.39 is 10.0 Å². The van der Waals surface area contributed by atoms with E-state index in [9.17, 15) is 8.42 Å². The number of hydrogen-bond donors (Lipinski definition) is 0. The first kappa shape index (κ1) is 17.9. The Morgan fingerprint density at radius 2 is 1.85 bits per heavy atom. The van der Waals surface area contributed by atoms with Gasteiger partial charge < -0.3 is 9.47 Å². The van der Waals surface area contributed by atoms with Crippen molar-refractivity contribution in [3.63, 3.8) is 0 Å². The Morgan fingerprint density at radius 1 is 1.04 bits per heavy atom. The number of fused-ring (bicyclic) bond motifs is 1. The highest BCUT2D eigenvalue weighted by molar-refractivity contribution is 7.88. The zero-order valence-corrected chi connectivity index (χ0v) is 16.4. The first-order chi connectivity index (χ1) is 12.9. The monoisotopic (exact) mass is 385 g/mol. The molecule has 1 fully saturated rings. The second kappa shape index (κ2) is 6.94. The highest BCUT2D eigenvalue weighted by atomic mass is 32.2. The molecule has 7 nitrogen and oxygen atoms in total. The fraction of sp³-hybridized carbons (Fsp3) is 0.368. The molecule has 8 heteroatoms. The molecule has 0 saturated carbocycles. The maximum atomic E-state index is 11.8. The van der Waals surface area contributed by atoms with Gasteiger partial charge in [-0.3, -0.25) is 0 Å². The van der Waals surface area contributed by atoms with Crippen LogP contribution in [-0.2, 0) is 17.1 Å². The van der Waals surface area contributed by atoms with Crippen LogP contribution in [0, 0.1) is 0 Å². The van der Waals surface area contributed by atoms with Crippen molar-refractivity contribution < 1.29 is 8.42 Å². The average Bonchev–Trinajstić information content (AvgIpc) is 2.83. The van der Waals surface area contributed by atoms with Gasteiger partial charge in [-0.2, -0.15) is 0 Å². The van der Waals surface area contributed by atoms with Gasteiger partial charge in [-0.15, -0.1) is 0 Å². The molecule has 2 aromatic heterocycles. The number of para-hydroxylation sites is 2.